The molecule has 0 spiro atoms. The van der Waals surface area contributed by atoms with Gasteiger partial charge in [0.25, 0.3) is 0 Å². The Kier molecular flexibility index (Phi) is 5.29. The number of rotatable bonds is 5. The molecule has 0 aromatic heterocycles. The predicted molar refractivity (Wildman–Crippen MR) is 64.4 cm³/mol. The topological polar surface area (TPSA) is 55.1 Å². The summed E-state index contributed by atoms with van der Waals surface area (Å²) in [5, 5.41) is 2.92. The largest absolute Gasteiger partial charge is 0.354 e. The summed E-state index contributed by atoms with van der Waals surface area (Å²) in [5.74, 6) is 0.680. The summed E-state index contributed by atoms with van der Waals surface area (Å²) in [6.45, 7) is 13.2. The average Bonchev–Trinajstić information content (AvgIpc) is 2.12. The fourth-order valence-corrected chi connectivity index (χ4v) is 0.940. The molecule has 0 unspecified atom stereocenters. The van der Waals surface area contributed by atoms with Crippen LogP contribution in [0.1, 0.15) is 41.5 Å². The van der Waals surface area contributed by atoms with Gasteiger partial charge in [0.2, 0.25) is 5.91 Å². The normalized spacial score (nSPS) is 14.5. The molecule has 0 radical (unpaired) electrons. The van der Waals surface area contributed by atoms with Gasteiger partial charge >= 0.3 is 0 Å². The second-order valence-electron chi connectivity index (χ2n) is 5.63. The Hall–Kier alpha value is -0.570. The second-order valence-corrected chi connectivity index (χ2v) is 5.63. The highest BCUT2D eigenvalue weighted by molar-refractivity contribution is 5.81. The molecule has 3 heteroatoms. The molecule has 0 fully saturated rings. The number of carbonyl (C=O) groups excluding carboxylic acids is 1. The van der Waals surface area contributed by atoms with E-state index in [0.717, 1.165) is 0 Å². The van der Waals surface area contributed by atoms with E-state index in [1.54, 1.807) is 0 Å². The predicted octanol–water partition coefficient (Wildman–Crippen LogP) is 1.77. The zero-order valence-electron chi connectivity index (χ0n) is 10.9. The van der Waals surface area contributed by atoms with Gasteiger partial charge in [-0.3, -0.25) is 4.79 Å². The molecule has 1 amide bonds. The highest BCUT2D eigenvalue weighted by atomic mass is 16.2. The highest BCUT2D eigenvalue weighted by Gasteiger charge is 2.24. The number of carbonyl (C=O) groups is 1. The zero-order chi connectivity index (χ0) is 12.2. The number of amides is 1. The van der Waals surface area contributed by atoms with Crippen LogP contribution in [0, 0.1) is 17.3 Å². The van der Waals surface area contributed by atoms with Gasteiger partial charge in [-0.2, -0.15) is 0 Å². The van der Waals surface area contributed by atoms with E-state index < -0.39 is 6.04 Å². The first-order valence-corrected chi connectivity index (χ1v) is 5.71. The number of hydrogen-bond donors (Lipinski definition) is 2. The maximum Gasteiger partial charge on any atom is 0.237 e. The third-order valence-electron chi connectivity index (χ3n) is 3.30. The zero-order valence-corrected chi connectivity index (χ0v) is 10.9. The van der Waals surface area contributed by atoms with Gasteiger partial charge in [0.1, 0.15) is 0 Å². The Morgan fingerprint density at radius 1 is 1.27 bits per heavy atom. The summed E-state index contributed by atoms with van der Waals surface area (Å²) < 4.78 is 0. The van der Waals surface area contributed by atoms with E-state index in [-0.39, 0.29) is 17.2 Å². The van der Waals surface area contributed by atoms with Gasteiger partial charge in [0, 0.05) is 6.54 Å². The van der Waals surface area contributed by atoms with Crippen molar-refractivity contribution >= 4 is 5.91 Å². The molecule has 0 rings (SSSR count). The van der Waals surface area contributed by atoms with Gasteiger partial charge in [-0.1, -0.05) is 41.5 Å². The van der Waals surface area contributed by atoms with Gasteiger partial charge in [-0.05, 0) is 17.3 Å². The highest BCUT2D eigenvalue weighted by Crippen LogP contribution is 2.24. The van der Waals surface area contributed by atoms with Crippen LogP contribution < -0.4 is 11.1 Å². The fraction of sp³-hybridized carbons (Fsp3) is 0.917. The van der Waals surface area contributed by atoms with Crippen molar-refractivity contribution < 1.29 is 4.79 Å². The number of nitrogens with one attached hydrogen (secondary N) is 1. The summed E-state index contributed by atoms with van der Waals surface area (Å²) in [6.07, 6.45) is 0. The molecular weight excluding hydrogens is 188 g/mol. The molecule has 0 aromatic rings. The molecule has 3 N–H and O–H groups in total. The Balaban J connectivity index is 4.12. The van der Waals surface area contributed by atoms with Crippen LogP contribution in [-0.2, 0) is 4.79 Å². The lowest BCUT2D eigenvalue weighted by Gasteiger charge is -2.30. The molecule has 90 valence electrons. The van der Waals surface area contributed by atoms with Gasteiger partial charge in [0.05, 0.1) is 6.04 Å². The van der Waals surface area contributed by atoms with Gasteiger partial charge in [0.15, 0.2) is 0 Å². The van der Waals surface area contributed by atoms with Crippen LogP contribution in [0.25, 0.3) is 0 Å². The Morgan fingerprint density at radius 3 is 2.07 bits per heavy atom. The first kappa shape index (κ1) is 14.4. The molecule has 0 aromatic carbocycles. The molecule has 3 nitrogen and oxygen atoms in total. The molecule has 0 heterocycles. The van der Waals surface area contributed by atoms with E-state index >= 15 is 0 Å². The lowest BCUT2D eigenvalue weighted by molar-refractivity contribution is -0.123. The molecule has 0 aliphatic rings. The van der Waals surface area contributed by atoms with Crippen LogP contribution in [0.2, 0.25) is 0 Å². The van der Waals surface area contributed by atoms with Crippen molar-refractivity contribution in [3.05, 3.63) is 0 Å². The quantitative estimate of drug-likeness (QED) is 0.733. The minimum Gasteiger partial charge on any atom is -0.354 e. The first-order chi connectivity index (χ1) is 6.68. The van der Waals surface area contributed by atoms with E-state index in [0.29, 0.717) is 12.5 Å². The van der Waals surface area contributed by atoms with E-state index in [1.165, 1.54) is 0 Å². The second kappa shape index (κ2) is 5.50. The van der Waals surface area contributed by atoms with Crippen LogP contribution in [-0.4, -0.2) is 18.5 Å². The van der Waals surface area contributed by atoms with Gasteiger partial charge < -0.3 is 11.1 Å². The van der Waals surface area contributed by atoms with Gasteiger partial charge in [-0.15, -0.1) is 0 Å². The van der Waals surface area contributed by atoms with Crippen molar-refractivity contribution in [1.82, 2.24) is 5.32 Å². The van der Waals surface area contributed by atoms with Crippen molar-refractivity contribution in [2.75, 3.05) is 6.54 Å². The smallest absolute Gasteiger partial charge is 0.237 e. The Labute approximate surface area is 93.8 Å². The monoisotopic (exact) mass is 214 g/mol. The van der Waals surface area contributed by atoms with E-state index in [4.69, 9.17) is 5.73 Å². The van der Waals surface area contributed by atoms with Crippen LogP contribution in [0.15, 0.2) is 0 Å². The van der Waals surface area contributed by atoms with Gasteiger partial charge in [-0.25, -0.2) is 0 Å². The van der Waals surface area contributed by atoms with E-state index in [9.17, 15) is 4.79 Å². The summed E-state index contributed by atoms with van der Waals surface area (Å²) >= 11 is 0. The maximum absolute atomic E-state index is 11.6. The third-order valence-corrected chi connectivity index (χ3v) is 3.30. The van der Waals surface area contributed by atoms with E-state index in [2.05, 4.69) is 33.0 Å². The van der Waals surface area contributed by atoms with Crippen LogP contribution >= 0.6 is 0 Å². The molecule has 1 atom stereocenters. The standard InChI is InChI=1S/C12H26N2O/c1-8(2)10(13)11(15)14-7-12(5,6)9(3)4/h8-10H,7,13H2,1-6H3,(H,14,15)/t10-/m1/s1. The van der Waals surface area contributed by atoms with Crippen molar-refractivity contribution in [2.24, 2.45) is 23.0 Å². The summed E-state index contributed by atoms with van der Waals surface area (Å²) in [5.41, 5.74) is 5.87. The van der Waals surface area contributed by atoms with Crippen molar-refractivity contribution in [3.8, 4) is 0 Å². The fourth-order valence-electron chi connectivity index (χ4n) is 0.940. The Morgan fingerprint density at radius 2 is 1.73 bits per heavy atom. The maximum atomic E-state index is 11.6. The lowest BCUT2D eigenvalue weighted by Crippen LogP contribution is -2.47. The van der Waals surface area contributed by atoms with E-state index in [1.807, 2.05) is 13.8 Å². The molecule has 0 saturated heterocycles. The summed E-state index contributed by atoms with van der Waals surface area (Å²) in [6, 6.07) is -0.395. The first-order valence-electron chi connectivity index (χ1n) is 5.71. The van der Waals surface area contributed by atoms with Crippen LogP contribution in [0.3, 0.4) is 0 Å². The summed E-state index contributed by atoms with van der Waals surface area (Å²) in [7, 11) is 0. The number of hydrogen-bond acceptors (Lipinski definition) is 2. The molecule has 0 saturated carbocycles. The third kappa shape index (κ3) is 4.65. The molecular formula is C12H26N2O. The summed E-state index contributed by atoms with van der Waals surface area (Å²) in [4.78, 5) is 11.6. The lowest BCUT2D eigenvalue weighted by atomic mass is 9.81. The van der Waals surface area contributed by atoms with Crippen LogP contribution in [0.4, 0.5) is 0 Å². The van der Waals surface area contributed by atoms with Crippen molar-refractivity contribution in [1.29, 1.82) is 0 Å². The minimum atomic E-state index is -0.395. The molecule has 15 heavy (non-hydrogen) atoms. The van der Waals surface area contributed by atoms with Crippen molar-refractivity contribution in [2.45, 2.75) is 47.6 Å². The average molecular weight is 214 g/mol. The molecule has 0 aliphatic heterocycles. The number of nitrogens with two attached hydrogens (primary N) is 1. The molecule has 0 bridgehead atoms. The SMILES string of the molecule is CC(C)[C@@H](N)C(=O)NCC(C)(C)C(C)C. The minimum absolute atomic E-state index is 0.0428. The molecule has 0 aliphatic carbocycles. The van der Waals surface area contributed by atoms with Crippen LogP contribution in [0.5, 0.6) is 0 Å². The van der Waals surface area contributed by atoms with Crippen molar-refractivity contribution in [3.63, 3.8) is 0 Å². The Bertz CT molecular complexity index is 210.